The molecule has 25 heavy (non-hydrogen) atoms. The number of allylic oxidation sites excluding steroid dienone is 2. The fourth-order valence-corrected chi connectivity index (χ4v) is 4.13. The van der Waals surface area contributed by atoms with Crippen molar-refractivity contribution in [1.29, 1.82) is 0 Å². The third-order valence-electron chi connectivity index (χ3n) is 3.94. The minimum atomic E-state index is -0.0530. The van der Waals surface area contributed by atoms with Gasteiger partial charge in [-0.3, -0.25) is 9.69 Å². The lowest BCUT2D eigenvalue weighted by Gasteiger charge is -2.17. The zero-order valence-electron chi connectivity index (χ0n) is 14.4. The molecule has 0 N–H and O–H groups in total. The van der Waals surface area contributed by atoms with Crippen LogP contribution in [0.2, 0.25) is 0 Å². The molecule has 0 radical (unpaired) electrons. The normalized spacial score (nSPS) is 16.8. The van der Waals surface area contributed by atoms with Crippen LogP contribution in [0.4, 0.5) is 5.69 Å². The van der Waals surface area contributed by atoms with Gasteiger partial charge in [-0.15, -0.1) is 0 Å². The number of anilines is 1. The summed E-state index contributed by atoms with van der Waals surface area (Å²) in [6.07, 6.45) is 3.97. The van der Waals surface area contributed by atoms with Crippen molar-refractivity contribution in [3.05, 3.63) is 81.8 Å². The van der Waals surface area contributed by atoms with Crippen LogP contribution in [0.5, 0.6) is 0 Å². The van der Waals surface area contributed by atoms with Gasteiger partial charge >= 0.3 is 0 Å². The first kappa shape index (κ1) is 17.6. The molecule has 1 saturated heterocycles. The summed E-state index contributed by atoms with van der Waals surface area (Å²) >= 11 is 6.82. The Kier molecular flexibility index (Phi) is 5.21. The molecule has 1 amide bonds. The summed E-state index contributed by atoms with van der Waals surface area (Å²) in [4.78, 5) is 15.2. The highest BCUT2D eigenvalue weighted by Crippen LogP contribution is 2.37. The SMILES string of the molecule is CC(=C/c1ccccc1)/C=C1/SC(=S)N(c2ccc(C)cc2C)C1=O. The second kappa shape index (κ2) is 7.38. The van der Waals surface area contributed by atoms with Crippen molar-refractivity contribution in [3.63, 3.8) is 0 Å². The molecule has 3 rings (SSSR count). The molecule has 4 heteroatoms. The number of rotatable bonds is 3. The highest BCUT2D eigenvalue weighted by molar-refractivity contribution is 8.27. The first-order chi connectivity index (χ1) is 12.0. The molecule has 0 spiro atoms. The Morgan fingerprint density at radius 1 is 1.12 bits per heavy atom. The van der Waals surface area contributed by atoms with E-state index in [1.807, 2.05) is 69.3 Å². The summed E-state index contributed by atoms with van der Waals surface area (Å²) in [7, 11) is 0. The van der Waals surface area contributed by atoms with Crippen molar-refractivity contribution >= 4 is 46.0 Å². The molecular formula is C21H19NOS2. The Balaban J connectivity index is 1.89. The van der Waals surface area contributed by atoms with Crippen molar-refractivity contribution in [2.24, 2.45) is 0 Å². The van der Waals surface area contributed by atoms with E-state index in [1.165, 1.54) is 17.3 Å². The second-order valence-corrected chi connectivity index (χ2v) is 7.78. The van der Waals surface area contributed by atoms with Crippen molar-refractivity contribution in [3.8, 4) is 0 Å². The highest BCUT2D eigenvalue weighted by Gasteiger charge is 2.33. The minimum absolute atomic E-state index is 0.0530. The van der Waals surface area contributed by atoms with Gasteiger partial charge in [0.1, 0.15) is 0 Å². The summed E-state index contributed by atoms with van der Waals surface area (Å²) in [6.45, 7) is 6.04. The lowest BCUT2D eigenvalue weighted by atomic mass is 10.1. The molecule has 2 aromatic rings. The third kappa shape index (κ3) is 3.91. The number of thiocarbonyl (C=S) groups is 1. The Morgan fingerprint density at radius 2 is 1.84 bits per heavy atom. The van der Waals surface area contributed by atoms with Crippen LogP contribution < -0.4 is 4.90 Å². The van der Waals surface area contributed by atoms with Crippen LogP contribution in [0.3, 0.4) is 0 Å². The van der Waals surface area contributed by atoms with Gasteiger partial charge < -0.3 is 0 Å². The molecular weight excluding hydrogens is 346 g/mol. The van der Waals surface area contributed by atoms with Crippen LogP contribution >= 0.6 is 24.0 Å². The smallest absolute Gasteiger partial charge is 0.268 e. The van der Waals surface area contributed by atoms with Gasteiger partial charge in [0.05, 0.1) is 10.6 Å². The Morgan fingerprint density at radius 3 is 2.52 bits per heavy atom. The molecule has 2 aromatic carbocycles. The maximum atomic E-state index is 12.9. The van der Waals surface area contributed by atoms with Crippen LogP contribution in [0.1, 0.15) is 23.6 Å². The zero-order chi connectivity index (χ0) is 18.0. The molecule has 0 aromatic heterocycles. The number of thioether (sulfide) groups is 1. The van der Waals surface area contributed by atoms with Crippen molar-refractivity contribution in [1.82, 2.24) is 0 Å². The summed E-state index contributed by atoms with van der Waals surface area (Å²) in [6, 6.07) is 16.1. The van der Waals surface area contributed by atoms with E-state index < -0.39 is 0 Å². The standard InChI is InChI=1S/C21H19NOS2/c1-14-9-10-18(16(3)11-14)22-20(23)19(25-21(22)24)13-15(2)12-17-7-5-4-6-8-17/h4-13H,1-3H3/b15-12-,19-13+. The fourth-order valence-electron chi connectivity index (χ4n) is 2.79. The Labute approximate surface area is 158 Å². The van der Waals surface area contributed by atoms with Crippen LogP contribution in [0.15, 0.2) is 65.1 Å². The minimum Gasteiger partial charge on any atom is -0.268 e. The van der Waals surface area contributed by atoms with E-state index in [9.17, 15) is 4.79 Å². The van der Waals surface area contributed by atoms with Crippen LogP contribution in [-0.4, -0.2) is 10.2 Å². The predicted molar refractivity (Wildman–Crippen MR) is 112 cm³/mol. The molecule has 126 valence electrons. The van der Waals surface area contributed by atoms with Crippen LogP contribution in [-0.2, 0) is 4.79 Å². The number of nitrogens with zero attached hydrogens (tertiary/aromatic N) is 1. The van der Waals surface area contributed by atoms with Crippen molar-refractivity contribution in [2.75, 3.05) is 4.90 Å². The maximum absolute atomic E-state index is 12.9. The lowest BCUT2D eigenvalue weighted by molar-refractivity contribution is -0.113. The quantitative estimate of drug-likeness (QED) is 0.517. The molecule has 0 aliphatic carbocycles. The maximum Gasteiger partial charge on any atom is 0.270 e. The van der Waals surface area contributed by atoms with Gasteiger partial charge in [0.15, 0.2) is 4.32 Å². The van der Waals surface area contributed by atoms with Gasteiger partial charge in [-0.1, -0.05) is 78.1 Å². The van der Waals surface area contributed by atoms with E-state index in [2.05, 4.69) is 12.1 Å². The Bertz CT molecular complexity index is 897. The van der Waals surface area contributed by atoms with Crippen LogP contribution in [0, 0.1) is 13.8 Å². The molecule has 0 bridgehead atoms. The van der Waals surface area contributed by atoms with E-state index in [0.717, 1.165) is 22.4 Å². The number of hydrogen-bond donors (Lipinski definition) is 0. The van der Waals surface area contributed by atoms with Gasteiger partial charge in [-0.05, 0) is 49.6 Å². The molecule has 1 fully saturated rings. The average Bonchev–Trinajstić information content (AvgIpc) is 2.83. The number of amides is 1. The molecule has 0 saturated carbocycles. The summed E-state index contributed by atoms with van der Waals surface area (Å²) in [5, 5.41) is 0. The van der Waals surface area contributed by atoms with Gasteiger partial charge in [-0.2, -0.15) is 0 Å². The summed E-state index contributed by atoms with van der Waals surface area (Å²) in [5.41, 5.74) is 5.22. The second-order valence-electron chi connectivity index (χ2n) is 6.11. The lowest BCUT2D eigenvalue weighted by Crippen LogP contribution is -2.28. The number of aryl methyl sites for hydroxylation is 2. The van der Waals surface area contributed by atoms with E-state index >= 15 is 0 Å². The van der Waals surface area contributed by atoms with E-state index in [1.54, 1.807) is 4.90 Å². The van der Waals surface area contributed by atoms with E-state index in [0.29, 0.717) is 9.23 Å². The summed E-state index contributed by atoms with van der Waals surface area (Å²) < 4.78 is 0.579. The molecule has 2 nitrogen and oxygen atoms in total. The van der Waals surface area contributed by atoms with E-state index in [-0.39, 0.29) is 5.91 Å². The molecule has 1 aliphatic heterocycles. The number of benzene rings is 2. The average molecular weight is 366 g/mol. The molecule has 1 aliphatic rings. The molecule has 0 atom stereocenters. The predicted octanol–water partition coefficient (Wildman–Crippen LogP) is 5.66. The molecule has 1 heterocycles. The monoisotopic (exact) mass is 365 g/mol. The topological polar surface area (TPSA) is 20.3 Å². The number of carbonyl (C=O) groups excluding carboxylic acids is 1. The first-order valence-electron chi connectivity index (χ1n) is 8.04. The van der Waals surface area contributed by atoms with E-state index in [4.69, 9.17) is 12.2 Å². The number of hydrogen-bond acceptors (Lipinski definition) is 3. The largest absolute Gasteiger partial charge is 0.270 e. The third-order valence-corrected chi connectivity index (χ3v) is 5.24. The van der Waals surface area contributed by atoms with Gasteiger partial charge in [0, 0.05) is 0 Å². The van der Waals surface area contributed by atoms with Crippen molar-refractivity contribution in [2.45, 2.75) is 20.8 Å². The Hall–Kier alpha value is -2.17. The highest BCUT2D eigenvalue weighted by atomic mass is 32.2. The molecule has 0 unspecified atom stereocenters. The van der Waals surface area contributed by atoms with Gasteiger partial charge in [0.25, 0.3) is 5.91 Å². The first-order valence-corrected chi connectivity index (χ1v) is 9.27. The summed E-state index contributed by atoms with van der Waals surface area (Å²) in [5.74, 6) is -0.0530. The zero-order valence-corrected chi connectivity index (χ0v) is 16.1. The fraction of sp³-hybridized carbons (Fsp3) is 0.143. The van der Waals surface area contributed by atoms with Gasteiger partial charge in [-0.25, -0.2) is 0 Å². The van der Waals surface area contributed by atoms with Gasteiger partial charge in [0.2, 0.25) is 0 Å². The van der Waals surface area contributed by atoms with Crippen molar-refractivity contribution < 1.29 is 4.79 Å². The van der Waals surface area contributed by atoms with Crippen LogP contribution in [0.25, 0.3) is 6.08 Å². The number of carbonyl (C=O) groups is 1.